The van der Waals surface area contributed by atoms with Gasteiger partial charge >= 0.3 is 0 Å². The second-order valence-corrected chi connectivity index (χ2v) is 7.87. The highest BCUT2D eigenvalue weighted by Crippen LogP contribution is 2.31. The van der Waals surface area contributed by atoms with Gasteiger partial charge in [0.15, 0.2) is 5.17 Å². The van der Waals surface area contributed by atoms with Crippen LogP contribution in [-0.4, -0.2) is 48.0 Å². The van der Waals surface area contributed by atoms with Crippen molar-refractivity contribution in [2.45, 2.75) is 51.3 Å². The van der Waals surface area contributed by atoms with Crippen LogP contribution in [-0.2, 0) is 0 Å². The molecule has 0 aromatic rings. The molecule has 2 aliphatic heterocycles. The Hall–Kier alpha value is -0.220. The third kappa shape index (κ3) is 3.89. The molecule has 2 heterocycles. The van der Waals surface area contributed by atoms with E-state index in [9.17, 15) is 0 Å². The highest BCUT2D eigenvalue weighted by Gasteiger charge is 2.29. The summed E-state index contributed by atoms with van der Waals surface area (Å²) >= 11 is 1.91. The van der Waals surface area contributed by atoms with Crippen LogP contribution < -0.4 is 5.32 Å². The van der Waals surface area contributed by atoms with Gasteiger partial charge in [-0.05, 0) is 51.7 Å². The highest BCUT2D eigenvalue weighted by molar-refractivity contribution is 8.14. The van der Waals surface area contributed by atoms with Gasteiger partial charge in [0.1, 0.15) is 0 Å². The zero-order valence-corrected chi connectivity index (χ0v) is 13.0. The zero-order chi connectivity index (χ0) is 13.2. The van der Waals surface area contributed by atoms with Crippen LogP contribution >= 0.6 is 11.8 Å². The summed E-state index contributed by atoms with van der Waals surface area (Å²) in [5.74, 6) is 0. The van der Waals surface area contributed by atoms with Crippen LogP contribution in [0.4, 0.5) is 0 Å². The van der Waals surface area contributed by atoms with Gasteiger partial charge in [-0.3, -0.25) is 4.99 Å². The summed E-state index contributed by atoms with van der Waals surface area (Å²) in [6.45, 7) is 10.4. The molecule has 2 aliphatic rings. The van der Waals surface area contributed by atoms with Crippen molar-refractivity contribution in [2.75, 3.05) is 26.7 Å². The van der Waals surface area contributed by atoms with Gasteiger partial charge in [0.05, 0.1) is 0 Å². The van der Waals surface area contributed by atoms with E-state index in [1.165, 1.54) is 37.5 Å². The number of likely N-dealkylation sites (tertiary alicyclic amines) is 1. The van der Waals surface area contributed by atoms with E-state index in [0.717, 1.165) is 6.54 Å². The molecule has 104 valence electrons. The Morgan fingerprint density at radius 1 is 1.39 bits per heavy atom. The quantitative estimate of drug-likeness (QED) is 0.835. The largest absolute Gasteiger partial charge is 0.362 e. The van der Waals surface area contributed by atoms with E-state index in [1.807, 2.05) is 11.8 Å². The van der Waals surface area contributed by atoms with Crippen LogP contribution in [0.25, 0.3) is 0 Å². The zero-order valence-electron chi connectivity index (χ0n) is 12.2. The number of amidine groups is 1. The predicted molar refractivity (Wildman–Crippen MR) is 81.4 cm³/mol. The molecule has 1 N–H and O–H groups in total. The summed E-state index contributed by atoms with van der Waals surface area (Å²) in [5, 5.41) is 5.38. The van der Waals surface area contributed by atoms with E-state index >= 15 is 0 Å². The van der Waals surface area contributed by atoms with Gasteiger partial charge in [-0.25, -0.2) is 0 Å². The third-order valence-electron chi connectivity index (χ3n) is 4.17. The van der Waals surface area contributed by atoms with Crippen molar-refractivity contribution in [3.8, 4) is 0 Å². The van der Waals surface area contributed by atoms with E-state index in [-0.39, 0.29) is 0 Å². The standard InChI is InChI=1S/C14H27N3S/c1-11-9-12(2)18-13(16-11)15-10-14(3)5-7-17(4)8-6-14/h11-12H,5-10H2,1-4H3,(H,15,16). The Balaban J connectivity index is 1.89. The lowest BCUT2D eigenvalue weighted by Gasteiger charge is -2.37. The smallest absolute Gasteiger partial charge is 0.157 e. The SMILES string of the molecule is CC1CC(C)SC(=NCC2(C)CCN(C)CC2)N1. The van der Waals surface area contributed by atoms with Gasteiger partial charge in [-0.2, -0.15) is 0 Å². The highest BCUT2D eigenvalue weighted by atomic mass is 32.2. The first kappa shape index (κ1) is 14.2. The molecule has 18 heavy (non-hydrogen) atoms. The molecule has 2 rings (SSSR count). The maximum Gasteiger partial charge on any atom is 0.157 e. The Labute approximate surface area is 116 Å². The van der Waals surface area contributed by atoms with Gasteiger partial charge < -0.3 is 10.2 Å². The van der Waals surface area contributed by atoms with Gasteiger partial charge in [0.25, 0.3) is 0 Å². The first-order valence-electron chi connectivity index (χ1n) is 7.13. The fourth-order valence-corrected chi connectivity index (χ4v) is 3.88. The number of aliphatic imine (C=N–C) groups is 1. The molecule has 0 saturated carbocycles. The Morgan fingerprint density at radius 2 is 2.06 bits per heavy atom. The molecule has 0 bridgehead atoms. The van der Waals surface area contributed by atoms with E-state index in [1.54, 1.807) is 0 Å². The average molecular weight is 269 g/mol. The van der Waals surface area contributed by atoms with E-state index < -0.39 is 0 Å². The van der Waals surface area contributed by atoms with Crippen molar-refractivity contribution in [3.05, 3.63) is 0 Å². The summed E-state index contributed by atoms with van der Waals surface area (Å²) in [7, 11) is 2.22. The van der Waals surface area contributed by atoms with E-state index in [4.69, 9.17) is 4.99 Å². The van der Waals surface area contributed by atoms with E-state index in [0.29, 0.717) is 16.7 Å². The van der Waals surface area contributed by atoms with Crippen LogP contribution in [0.1, 0.15) is 40.0 Å². The van der Waals surface area contributed by atoms with E-state index in [2.05, 4.69) is 38.0 Å². The number of piperidine rings is 1. The van der Waals surface area contributed by atoms with Gasteiger partial charge in [-0.1, -0.05) is 25.6 Å². The molecular formula is C14H27N3S. The third-order valence-corrected chi connectivity index (χ3v) is 5.23. The fraction of sp³-hybridized carbons (Fsp3) is 0.929. The fourth-order valence-electron chi connectivity index (χ4n) is 2.70. The molecule has 2 saturated heterocycles. The molecule has 2 atom stereocenters. The summed E-state index contributed by atoms with van der Waals surface area (Å²) in [6, 6.07) is 0.574. The van der Waals surface area contributed by atoms with Crippen molar-refractivity contribution in [2.24, 2.45) is 10.4 Å². The van der Waals surface area contributed by atoms with Crippen LogP contribution in [0.5, 0.6) is 0 Å². The second kappa shape index (κ2) is 5.83. The summed E-state index contributed by atoms with van der Waals surface area (Å²) in [4.78, 5) is 7.28. The summed E-state index contributed by atoms with van der Waals surface area (Å²) < 4.78 is 0. The minimum absolute atomic E-state index is 0.408. The molecule has 4 heteroatoms. The number of rotatable bonds is 2. The molecule has 0 aromatic heterocycles. The number of nitrogens with one attached hydrogen (secondary N) is 1. The first-order valence-corrected chi connectivity index (χ1v) is 8.01. The lowest BCUT2D eigenvalue weighted by Crippen LogP contribution is -2.40. The lowest BCUT2D eigenvalue weighted by atomic mass is 9.81. The molecule has 0 amide bonds. The van der Waals surface area contributed by atoms with Gasteiger partial charge in [-0.15, -0.1) is 0 Å². The molecule has 3 nitrogen and oxygen atoms in total. The Morgan fingerprint density at radius 3 is 2.67 bits per heavy atom. The molecule has 2 fully saturated rings. The number of thioether (sulfide) groups is 1. The Bertz CT molecular complexity index is 296. The molecular weight excluding hydrogens is 242 g/mol. The number of hydrogen-bond donors (Lipinski definition) is 1. The van der Waals surface area contributed by atoms with Gasteiger partial charge in [0.2, 0.25) is 0 Å². The maximum absolute atomic E-state index is 4.85. The van der Waals surface area contributed by atoms with Crippen molar-refractivity contribution in [1.29, 1.82) is 0 Å². The minimum atomic E-state index is 0.408. The molecule has 0 aliphatic carbocycles. The second-order valence-electron chi connectivity index (χ2n) is 6.44. The predicted octanol–water partition coefficient (Wildman–Crippen LogP) is 2.58. The van der Waals surface area contributed by atoms with Crippen LogP contribution in [0.15, 0.2) is 4.99 Å². The summed E-state index contributed by atoms with van der Waals surface area (Å²) in [5.41, 5.74) is 0.408. The van der Waals surface area contributed by atoms with Gasteiger partial charge in [0, 0.05) is 17.8 Å². The Kier molecular flexibility index (Phi) is 4.59. The average Bonchev–Trinajstić information content (AvgIpc) is 2.30. The maximum atomic E-state index is 4.85. The van der Waals surface area contributed by atoms with Crippen molar-refractivity contribution in [3.63, 3.8) is 0 Å². The number of nitrogens with zero attached hydrogens (tertiary/aromatic N) is 2. The molecule has 0 spiro atoms. The van der Waals surface area contributed by atoms with Crippen molar-refractivity contribution < 1.29 is 0 Å². The molecule has 2 unspecified atom stereocenters. The van der Waals surface area contributed by atoms with Crippen molar-refractivity contribution >= 4 is 16.9 Å². The topological polar surface area (TPSA) is 27.6 Å². The summed E-state index contributed by atoms with van der Waals surface area (Å²) in [6.07, 6.45) is 3.79. The molecule has 0 aromatic carbocycles. The lowest BCUT2D eigenvalue weighted by molar-refractivity contribution is 0.147. The molecule has 0 radical (unpaired) electrons. The van der Waals surface area contributed by atoms with Crippen LogP contribution in [0.3, 0.4) is 0 Å². The van der Waals surface area contributed by atoms with Crippen LogP contribution in [0.2, 0.25) is 0 Å². The monoisotopic (exact) mass is 269 g/mol. The number of hydrogen-bond acceptors (Lipinski definition) is 3. The van der Waals surface area contributed by atoms with Crippen molar-refractivity contribution in [1.82, 2.24) is 10.2 Å². The van der Waals surface area contributed by atoms with Crippen LogP contribution in [0, 0.1) is 5.41 Å². The first-order chi connectivity index (χ1) is 8.47. The normalized spacial score (nSPS) is 35.4. The minimum Gasteiger partial charge on any atom is -0.362 e.